The van der Waals surface area contributed by atoms with E-state index in [-0.39, 0.29) is 18.3 Å². The summed E-state index contributed by atoms with van der Waals surface area (Å²) in [4.78, 5) is 23.5. The molecule has 9 nitrogen and oxygen atoms in total. The van der Waals surface area contributed by atoms with E-state index in [0.29, 0.717) is 0 Å². The van der Waals surface area contributed by atoms with E-state index in [1.807, 2.05) is 0 Å². The number of carbonyl (C=O) groups excluding carboxylic acids is 2. The summed E-state index contributed by atoms with van der Waals surface area (Å²) in [5.74, 6) is -6.87. The van der Waals surface area contributed by atoms with Gasteiger partial charge in [-0.05, 0) is 18.8 Å². The predicted octanol–water partition coefficient (Wildman–Crippen LogP) is 0.756. The van der Waals surface area contributed by atoms with Crippen LogP contribution in [-0.4, -0.2) is 63.3 Å². The Kier molecular flexibility index (Phi) is 7.09. The van der Waals surface area contributed by atoms with Crippen molar-refractivity contribution in [1.29, 1.82) is 0 Å². The fourth-order valence-electron chi connectivity index (χ4n) is 2.87. The van der Waals surface area contributed by atoms with Gasteiger partial charge in [0.1, 0.15) is 10.7 Å². The fourth-order valence-corrected chi connectivity index (χ4v) is 7.16. The summed E-state index contributed by atoms with van der Waals surface area (Å²) in [6.07, 6.45) is 0. The SMILES string of the molecule is CCOC(=O)C1(CS(=O)(=O)CC(C)C)OC(=O)C(O)=C1S(=O)(=O)CC(C)C. The molecular formula is C16H26O9S2. The molecule has 1 unspecified atom stereocenters. The number of esters is 2. The van der Waals surface area contributed by atoms with E-state index in [9.17, 15) is 31.5 Å². The minimum Gasteiger partial charge on any atom is -0.501 e. The Morgan fingerprint density at radius 1 is 1.11 bits per heavy atom. The molecule has 0 radical (unpaired) electrons. The number of aliphatic hydroxyl groups excluding tert-OH is 1. The third-order valence-corrected chi connectivity index (χ3v) is 7.79. The molecule has 27 heavy (non-hydrogen) atoms. The van der Waals surface area contributed by atoms with Crippen molar-refractivity contribution in [1.82, 2.24) is 0 Å². The average Bonchev–Trinajstić information content (AvgIpc) is 2.68. The summed E-state index contributed by atoms with van der Waals surface area (Å²) in [6, 6.07) is 0. The zero-order valence-electron chi connectivity index (χ0n) is 16.0. The fraction of sp³-hybridized carbons (Fsp3) is 0.750. The van der Waals surface area contributed by atoms with Crippen LogP contribution in [0.25, 0.3) is 0 Å². The van der Waals surface area contributed by atoms with Crippen LogP contribution in [0.4, 0.5) is 0 Å². The topological polar surface area (TPSA) is 141 Å². The number of ether oxygens (including phenoxy) is 2. The average molecular weight is 427 g/mol. The summed E-state index contributed by atoms with van der Waals surface area (Å²) in [7, 11) is -8.44. The maximum absolute atomic E-state index is 12.8. The maximum Gasteiger partial charge on any atom is 0.376 e. The molecule has 0 aliphatic carbocycles. The van der Waals surface area contributed by atoms with Crippen molar-refractivity contribution >= 4 is 31.6 Å². The molecule has 1 aliphatic rings. The van der Waals surface area contributed by atoms with Crippen molar-refractivity contribution in [3.63, 3.8) is 0 Å². The van der Waals surface area contributed by atoms with Gasteiger partial charge in [0.05, 0.1) is 18.1 Å². The first kappa shape index (κ1) is 23.4. The van der Waals surface area contributed by atoms with Gasteiger partial charge >= 0.3 is 11.9 Å². The number of sulfone groups is 2. The van der Waals surface area contributed by atoms with Crippen LogP contribution in [0.5, 0.6) is 0 Å². The second-order valence-corrected chi connectivity index (χ2v) is 11.3. The van der Waals surface area contributed by atoms with Crippen molar-refractivity contribution < 1.29 is 41.0 Å². The van der Waals surface area contributed by atoms with E-state index in [0.717, 1.165) is 0 Å². The van der Waals surface area contributed by atoms with Crippen LogP contribution in [0.15, 0.2) is 10.7 Å². The number of carbonyl (C=O) groups is 2. The van der Waals surface area contributed by atoms with Crippen molar-refractivity contribution in [3.8, 4) is 0 Å². The highest BCUT2D eigenvalue weighted by molar-refractivity contribution is 7.95. The van der Waals surface area contributed by atoms with Crippen molar-refractivity contribution in [2.75, 3.05) is 23.9 Å². The highest BCUT2D eigenvalue weighted by Gasteiger charge is 2.62. The lowest BCUT2D eigenvalue weighted by atomic mass is 10.1. The second-order valence-electron chi connectivity index (χ2n) is 7.24. The molecule has 1 heterocycles. The number of cyclic esters (lactones) is 1. The summed E-state index contributed by atoms with van der Waals surface area (Å²) in [5, 5.41) is 10.1. The smallest absolute Gasteiger partial charge is 0.376 e. The molecule has 0 fully saturated rings. The van der Waals surface area contributed by atoms with Crippen LogP contribution in [0.1, 0.15) is 34.6 Å². The molecule has 156 valence electrons. The van der Waals surface area contributed by atoms with E-state index in [1.165, 1.54) is 6.92 Å². The normalized spacial score (nSPS) is 21.1. The predicted molar refractivity (Wildman–Crippen MR) is 97.2 cm³/mol. The van der Waals surface area contributed by atoms with Gasteiger partial charge in [-0.15, -0.1) is 0 Å². The molecular weight excluding hydrogens is 400 g/mol. The maximum atomic E-state index is 12.8. The van der Waals surface area contributed by atoms with Gasteiger partial charge in [0.15, 0.2) is 19.7 Å². The first-order valence-electron chi connectivity index (χ1n) is 8.46. The van der Waals surface area contributed by atoms with E-state index >= 15 is 0 Å². The van der Waals surface area contributed by atoms with E-state index < -0.39 is 65.3 Å². The minimum absolute atomic E-state index is 0.208. The molecule has 0 amide bonds. The number of hydrogen-bond acceptors (Lipinski definition) is 9. The lowest BCUT2D eigenvalue weighted by molar-refractivity contribution is -0.170. The molecule has 1 atom stereocenters. The van der Waals surface area contributed by atoms with E-state index in [1.54, 1.807) is 27.7 Å². The molecule has 0 aromatic heterocycles. The Morgan fingerprint density at radius 3 is 2.07 bits per heavy atom. The third kappa shape index (κ3) is 5.22. The first-order chi connectivity index (χ1) is 12.2. The van der Waals surface area contributed by atoms with Gasteiger partial charge in [-0.3, -0.25) is 0 Å². The molecule has 0 aromatic rings. The lowest BCUT2D eigenvalue weighted by Gasteiger charge is -2.28. The first-order valence-corrected chi connectivity index (χ1v) is 11.9. The van der Waals surface area contributed by atoms with Crippen LogP contribution in [0.2, 0.25) is 0 Å². The number of aliphatic hydroxyl groups is 1. The lowest BCUT2D eigenvalue weighted by Crippen LogP contribution is -2.51. The second kappa shape index (κ2) is 8.17. The molecule has 0 saturated carbocycles. The molecule has 1 aliphatic heterocycles. The standard InChI is InChI=1S/C16H26O9S2/c1-6-24-15(19)16(9-26(20,21)7-10(2)3)13(12(17)14(18)25-16)27(22,23)8-11(4)5/h10-11,17H,6-9H2,1-5H3. The van der Waals surface area contributed by atoms with Crippen molar-refractivity contribution in [3.05, 3.63) is 10.7 Å². The van der Waals surface area contributed by atoms with Gasteiger partial charge in [0.2, 0.25) is 5.76 Å². The van der Waals surface area contributed by atoms with Gasteiger partial charge in [-0.1, -0.05) is 27.7 Å². The Balaban J connectivity index is 3.66. The van der Waals surface area contributed by atoms with Crippen molar-refractivity contribution in [2.24, 2.45) is 11.8 Å². The molecule has 1 N–H and O–H groups in total. The highest BCUT2D eigenvalue weighted by atomic mass is 32.2. The summed E-state index contributed by atoms with van der Waals surface area (Å²) >= 11 is 0. The summed E-state index contributed by atoms with van der Waals surface area (Å²) in [6.45, 7) is 7.62. The Labute approximate surface area is 159 Å². The van der Waals surface area contributed by atoms with Crippen LogP contribution in [-0.2, 0) is 38.7 Å². The van der Waals surface area contributed by atoms with Gasteiger partial charge in [0.25, 0.3) is 5.60 Å². The quantitative estimate of drug-likeness (QED) is 0.529. The summed E-state index contributed by atoms with van der Waals surface area (Å²) < 4.78 is 60.3. The Bertz CT molecular complexity index is 835. The monoisotopic (exact) mass is 426 g/mol. The Morgan fingerprint density at radius 2 is 1.63 bits per heavy atom. The van der Waals surface area contributed by atoms with Gasteiger partial charge < -0.3 is 14.6 Å². The molecule has 0 bridgehead atoms. The van der Waals surface area contributed by atoms with Gasteiger partial charge in [-0.2, -0.15) is 0 Å². The van der Waals surface area contributed by atoms with Crippen molar-refractivity contribution in [2.45, 2.75) is 40.2 Å². The number of rotatable bonds is 9. The minimum atomic E-state index is -4.39. The van der Waals surface area contributed by atoms with Gasteiger partial charge in [0, 0.05) is 0 Å². The molecule has 0 spiro atoms. The molecule has 0 saturated heterocycles. The van der Waals surface area contributed by atoms with Crippen LogP contribution >= 0.6 is 0 Å². The highest BCUT2D eigenvalue weighted by Crippen LogP contribution is 2.39. The zero-order valence-corrected chi connectivity index (χ0v) is 17.6. The molecule has 11 heteroatoms. The van der Waals surface area contributed by atoms with Crippen LogP contribution in [0, 0.1) is 11.8 Å². The Hall–Kier alpha value is -1.62. The number of hydrogen-bond donors (Lipinski definition) is 1. The van der Waals surface area contributed by atoms with Crippen LogP contribution < -0.4 is 0 Å². The largest absolute Gasteiger partial charge is 0.501 e. The zero-order chi connectivity index (χ0) is 21.2. The molecule has 1 rings (SSSR count). The van der Waals surface area contributed by atoms with Gasteiger partial charge in [-0.25, -0.2) is 26.4 Å². The van der Waals surface area contributed by atoms with Crippen LogP contribution in [0.3, 0.4) is 0 Å². The molecule has 0 aromatic carbocycles. The van der Waals surface area contributed by atoms with E-state index in [4.69, 9.17) is 9.47 Å². The third-order valence-electron chi connectivity index (χ3n) is 3.52. The summed E-state index contributed by atoms with van der Waals surface area (Å²) in [5.41, 5.74) is -2.75. The van der Waals surface area contributed by atoms with E-state index in [2.05, 4.69) is 0 Å².